The average Bonchev–Trinajstić information content (AvgIpc) is 2.89. The van der Waals surface area contributed by atoms with E-state index in [-0.39, 0.29) is 17.9 Å². The molecule has 1 amide bonds. The van der Waals surface area contributed by atoms with Crippen molar-refractivity contribution in [2.24, 2.45) is 5.92 Å². The summed E-state index contributed by atoms with van der Waals surface area (Å²) in [6.07, 6.45) is 3.50. The Kier molecular flexibility index (Phi) is 3.98. The van der Waals surface area contributed by atoms with Crippen molar-refractivity contribution >= 4 is 5.91 Å². The van der Waals surface area contributed by atoms with Crippen LogP contribution in [0.4, 0.5) is 0 Å². The number of β-amino-alcohol motifs (C(OH)–C–C–N with tert-alkyl or cyclic N) is 1. The van der Waals surface area contributed by atoms with Crippen molar-refractivity contribution in [3.8, 4) is 0 Å². The Hall–Kier alpha value is -1.40. The van der Waals surface area contributed by atoms with Crippen LogP contribution in [0.1, 0.15) is 12.0 Å². The van der Waals surface area contributed by atoms with Crippen LogP contribution in [0.5, 0.6) is 0 Å². The first-order valence-electron chi connectivity index (χ1n) is 6.14. The Morgan fingerprint density at radius 3 is 3.00 bits per heavy atom. The molecule has 1 aromatic heterocycles. The highest BCUT2D eigenvalue weighted by atomic mass is 16.3. The summed E-state index contributed by atoms with van der Waals surface area (Å²) in [5.74, 6) is 0.116. The highest BCUT2D eigenvalue weighted by molar-refractivity contribution is 5.76. The van der Waals surface area contributed by atoms with Gasteiger partial charge in [-0.15, -0.1) is 0 Å². The molecule has 18 heavy (non-hydrogen) atoms. The Morgan fingerprint density at radius 1 is 1.67 bits per heavy atom. The molecule has 0 aliphatic carbocycles. The third kappa shape index (κ3) is 3.08. The second-order valence-electron chi connectivity index (χ2n) is 5.11. The number of likely N-dealkylation sites (tertiary alicyclic amines) is 1. The summed E-state index contributed by atoms with van der Waals surface area (Å²) < 4.78 is 0. The van der Waals surface area contributed by atoms with Crippen LogP contribution >= 0.6 is 0 Å². The Balaban J connectivity index is 1.84. The van der Waals surface area contributed by atoms with Gasteiger partial charge in [-0.3, -0.25) is 9.89 Å². The van der Waals surface area contributed by atoms with E-state index >= 15 is 0 Å². The normalized spacial score (nSPS) is 24.4. The number of rotatable bonds is 4. The summed E-state index contributed by atoms with van der Waals surface area (Å²) >= 11 is 0. The van der Waals surface area contributed by atoms with Gasteiger partial charge in [-0.05, 0) is 7.05 Å². The highest BCUT2D eigenvalue weighted by Crippen LogP contribution is 2.20. The number of hydrogen-bond acceptors (Lipinski definition) is 4. The topological polar surface area (TPSA) is 72.5 Å². The molecule has 0 aromatic carbocycles. The van der Waals surface area contributed by atoms with Gasteiger partial charge in [0.2, 0.25) is 5.91 Å². The number of nitrogens with one attached hydrogen (secondary N) is 1. The molecule has 0 unspecified atom stereocenters. The van der Waals surface area contributed by atoms with Gasteiger partial charge in [0.25, 0.3) is 0 Å². The minimum Gasteiger partial charge on any atom is -0.391 e. The summed E-state index contributed by atoms with van der Waals surface area (Å²) in [5, 5.41) is 16.4. The van der Waals surface area contributed by atoms with E-state index in [9.17, 15) is 9.90 Å². The molecule has 1 saturated heterocycles. The van der Waals surface area contributed by atoms with E-state index in [1.807, 2.05) is 7.05 Å². The SMILES string of the molecule is CN1C[C@@H](CC(=O)N(C)Cc2cn[nH]c2)[C@H](O)C1. The largest absolute Gasteiger partial charge is 0.391 e. The number of likely N-dealkylation sites (N-methyl/N-ethyl adjacent to an activating group) is 1. The summed E-state index contributed by atoms with van der Waals surface area (Å²) in [7, 11) is 3.74. The number of aliphatic hydroxyl groups is 1. The van der Waals surface area contributed by atoms with E-state index in [2.05, 4.69) is 15.1 Å². The minimum atomic E-state index is -0.388. The molecule has 1 aromatic rings. The summed E-state index contributed by atoms with van der Waals surface area (Å²) in [6, 6.07) is 0. The monoisotopic (exact) mass is 252 g/mol. The maximum Gasteiger partial charge on any atom is 0.223 e. The van der Waals surface area contributed by atoms with E-state index in [0.717, 1.165) is 12.1 Å². The first-order chi connectivity index (χ1) is 8.56. The Bertz CT molecular complexity index is 393. The van der Waals surface area contributed by atoms with Crippen LogP contribution in [0.25, 0.3) is 0 Å². The van der Waals surface area contributed by atoms with Crippen molar-refractivity contribution in [1.82, 2.24) is 20.0 Å². The lowest BCUT2D eigenvalue weighted by molar-refractivity contribution is -0.132. The predicted octanol–water partition coefficient (Wildman–Crippen LogP) is -0.319. The minimum absolute atomic E-state index is 0.0503. The van der Waals surface area contributed by atoms with E-state index < -0.39 is 0 Å². The molecule has 2 heterocycles. The lowest BCUT2D eigenvalue weighted by Crippen LogP contribution is -2.31. The average molecular weight is 252 g/mol. The van der Waals surface area contributed by atoms with E-state index in [1.54, 1.807) is 24.3 Å². The Labute approximate surface area is 107 Å². The third-order valence-corrected chi connectivity index (χ3v) is 3.43. The highest BCUT2D eigenvalue weighted by Gasteiger charge is 2.31. The zero-order chi connectivity index (χ0) is 13.1. The fourth-order valence-electron chi connectivity index (χ4n) is 2.37. The first-order valence-corrected chi connectivity index (χ1v) is 6.14. The number of carbonyl (C=O) groups excluding carboxylic acids is 1. The maximum absolute atomic E-state index is 12.0. The van der Waals surface area contributed by atoms with Crippen LogP contribution in [-0.4, -0.2) is 64.3 Å². The number of aromatic nitrogens is 2. The van der Waals surface area contributed by atoms with E-state index in [0.29, 0.717) is 19.5 Å². The molecule has 1 fully saturated rings. The molecule has 1 aliphatic rings. The molecule has 100 valence electrons. The molecule has 0 bridgehead atoms. The zero-order valence-corrected chi connectivity index (χ0v) is 10.8. The van der Waals surface area contributed by atoms with Gasteiger partial charge in [-0.25, -0.2) is 0 Å². The van der Waals surface area contributed by atoms with Crippen molar-refractivity contribution in [1.29, 1.82) is 0 Å². The van der Waals surface area contributed by atoms with Crippen LogP contribution in [0.15, 0.2) is 12.4 Å². The van der Waals surface area contributed by atoms with Gasteiger partial charge in [0, 0.05) is 50.8 Å². The lowest BCUT2D eigenvalue weighted by Gasteiger charge is -2.19. The van der Waals surface area contributed by atoms with E-state index in [1.165, 1.54) is 0 Å². The maximum atomic E-state index is 12.0. The van der Waals surface area contributed by atoms with Crippen molar-refractivity contribution in [2.75, 3.05) is 27.2 Å². The number of carbonyl (C=O) groups is 1. The summed E-state index contributed by atoms with van der Waals surface area (Å²) in [5.41, 5.74) is 0.981. The molecule has 1 aliphatic heterocycles. The first kappa shape index (κ1) is 13.0. The molecule has 0 radical (unpaired) electrons. The molecular weight excluding hydrogens is 232 g/mol. The fourth-order valence-corrected chi connectivity index (χ4v) is 2.37. The second-order valence-corrected chi connectivity index (χ2v) is 5.11. The quantitative estimate of drug-likeness (QED) is 0.770. The number of hydrogen-bond donors (Lipinski definition) is 2. The standard InChI is InChI=1S/C12H20N4O2/c1-15-7-10(11(17)8-15)3-12(18)16(2)6-9-4-13-14-5-9/h4-5,10-11,17H,3,6-8H2,1-2H3,(H,13,14)/t10-,11-/m1/s1. The van der Waals surface area contributed by atoms with Crippen molar-refractivity contribution < 1.29 is 9.90 Å². The molecule has 2 atom stereocenters. The van der Waals surface area contributed by atoms with Crippen LogP contribution in [0.2, 0.25) is 0 Å². The molecule has 2 rings (SSSR count). The Morgan fingerprint density at radius 2 is 2.44 bits per heavy atom. The van der Waals surface area contributed by atoms with Crippen LogP contribution in [0.3, 0.4) is 0 Å². The summed E-state index contributed by atoms with van der Waals surface area (Å²) in [4.78, 5) is 15.8. The van der Waals surface area contributed by atoms with Gasteiger partial charge in [0.05, 0.1) is 12.3 Å². The van der Waals surface area contributed by atoms with Crippen molar-refractivity contribution in [3.05, 3.63) is 18.0 Å². The van der Waals surface area contributed by atoms with Crippen molar-refractivity contribution in [3.63, 3.8) is 0 Å². The van der Waals surface area contributed by atoms with Crippen LogP contribution < -0.4 is 0 Å². The van der Waals surface area contributed by atoms with Gasteiger partial charge in [-0.1, -0.05) is 0 Å². The van der Waals surface area contributed by atoms with Crippen LogP contribution in [0, 0.1) is 5.92 Å². The molecule has 6 nitrogen and oxygen atoms in total. The van der Waals surface area contributed by atoms with Crippen molar-refractivity contribution in [2.45, 2.75) is 19.1 Å². The van der Waals surface area contributed by atoms with E-state index in [4.69, 9.17) is 0 Å². The second kappa shape index (κ2) is 5.49. The lowest BCUT2D eigenvalue weighted by atomic mass is 10.0. The zero-order valence-electron chi connectivity index (χ0n) is 10.8. The third-order valence-electron chi connectivity index (χ3n) is 3.43. The number of aliphatic hydroxyl groups excluding tert-OH is 1. The summed E-state index contributed by atoms with van der Waals surface area (Å²) in [6.45, 7) is 1.99. The predicted molar refractivity (Wildman–Crippen MR) is 66.7 cm³/mol. The molecule has 6 heteroatoms. The molecular formula is C12H20N4O2. The number of nitrogens with zero attached hydrogens (tertiary/aromatic N) is 3. The van der Waals surface area contributed by atoms with Crippen LogP contribution in [-0.2, 0) is 11.3 Å². The smallest absolute Gasteiger partial charge is 0.223 e. The number of amides is 1. The molecule has 0 spiro atoms. The fraction of sp³-hybridized carbons (Fsp3) is 0.667. The van der Waals surface area contributed by atoms with Gasteiger partial charge in [0.1, 0.15) is 0 Å². The van der Waals surface area contributed by atoms with Gasteiger partial charge >= 0.3 is 0 Å². The van der Waals surface area contributed by atoms with Gasteiger partial charge < -0.3 is 14.9 Å². The molecule has 2 N–H and O–H groups in total. The van der Waals surface area contributed by atoms with Gasteiger partial charge in [0.15, 0.2) is 0 Å². The molecule has 0 saturated carbocycles. The number of H-pyrrole nitrogens is 1. The number of aromatic amines is 1. The van der Waals surface area contributed by atoms with Gasteiger partial charge in [-0.2, -0.15) is 5.10 Å².